The molecule has 0 unspecified atom stereocenters. The quantitative estimate of drug-likeness (QED) is 0.600. The van der Waals surface area contributed by atoms with Crippen molar-refractivity contribution in [3.05, 3.63) is 60.1 Å². The van der Waals surface area contributed by atoms with Crippen molar-refractivity contribution in [3.63, 3.8) is 0 Å². The number of furan rings is 1. The van der Waals surface area contributed by atoms with Crippen LogP contribution in [-0.4, -0.2) is 37.0 Å². The Morgan fingerprint density at radius 2 is 1.81 bits per heavy atom. The van der Waals surface area contributed by atoms with Gasteiger partial charge < -0.3 is 14.6 Å². The molecule has 0 radical (unpaired) electrons. The van der Waals surface area contributed by atoms with Crippen LogP contribution in [-0.2, 0) is 4.79 Å². The maximum atomic E-state index is 12.7. The van der Waals surface area contributed by atoms with Crippen LogP contribution in [0.3, 0.4) is 0 Å². The van der Waals surface area contributed by atoms with E-state index in [0.717, 1.165) is 18.5 Å². The lowest BCUT2D eigenvalue weighted by atomic mass is 10.0. The maximum absolute atomic E-state index is 12.7. The number of carbonyl (C=O) groups excluding carboxylic acids is 1. The predicted octanol–water partition coefficient (Wildman–Crippen LogP) is 4.20. The second-order valence-corrected chi connectivity index (χ2v) is 6.80. The van der Waals surface area contributed by atoms with E-state index in [9.17, 15) is 4.79 Å². The van der Waals surface area contributed by atoms with Crippen molar-refractivity contribution in [3.8, 4) is 0 Å². The maximum Gasteiger partial charge on any atom is 0.252 e. The zero-order valence-corrected chi connectivity index (χ0v) is 15.3. The second kappa shape index (κ2) is 9.97. The summed E-state index contributed by atoms with van der Waals surface area (Å²) in [6.45, 7) is 4.14. The number of benzene rings is 1. The van der Waals surface area contributed by atoms with Gasteiger partial charge in [0.25, 0.3) is 5.91 Å². The molecule has 1 fully saturated rings. The molecule has 1 aromatic heterocycles. The number of amides is 1. The average Bonchev–Trinajstić information content (AvgIpc) is 3.05. The Morgan fingerprint density at radius 1 is 1.04 bits per heavy atom. The molecule has 1 N–H and O–H groups in total. The molecule has 4 nitrogen and oxygen atoms in total. The SMILES string of the molecule is O=C(NCCCN1CCCCCC1)/C(=C/c1ccco1)c1ccccc1. The van der Waals surface area contributed by atoms with Crippen molar-refractivity contribution < 1.29 is 9.21 Å². The first-order chi connectivity index (χ1) is 12.8. The van der Waals surface area contributed by atoms with Gasteiger partial charge in [0.2, 0.25) is 0 Å². The zero-order valence-electron chi connectivity index (χ0n) is 15.3. The van der Waals surface area contributed by atoms with Crippen LogP contribution < -0.4 is 5.32 Å². The standard InChI is InChI=1S/C22H28N2O2/c25-22(23-13-9-16-24-14-6-1-2-7-15-24)21(18-20-12-8-17-26-20)19-10-4-3-5-11-19/h3-5,8,10-12,17-18H,1-2,6-7,9,13-16H2,(H,23,25)/b21-18+. The lowest BCUT2D eigenvalue weighted by Gasteiger charge is -2.19. The van der Waals surface area contributed by atoms with Gasteiger partial charge in [0.15, 0.2) is 0 Å². The van der Waals surface area contributed by atoms with Crippen LogP contribution in [0.1, 0.15) is 43.4 Å². The minimum Gasteiger partial charge on any atom is -0.465 e. The number of nitrogens with one attached hydrogen (secondary N) is 1. The second-order valence-electron chi connectivity index (χ2n) is 6.80. The number of carbonyl (C=O) groups is 1. The molecule has 0 saturated carbocycles. The van der Waals surface area contributed by atoms with Crippen molar-refractivity contribution in [1.29, 1.82) is 0 Å². The molecule has 2 heterocycles. The van der Waals surface area contributed by atoms with Gasteiger partial charge in [-0.25, -0.2) is 0 Å². The molecule has 1 amide bonds. The Bertz CT molecular complexity index is 684. The van der Waals surface area contributed by atoms with Gasteiger partial charge in [-0.1, -0.05) is 43.2 Å². The molecule has 1 aliphatic heterocycles. The number of nitrogens with zero attached hydrogens (tertiary/aromatic N) is 1. The van der Waals surface area contributed by atoms with Crippen molar-refractivity contribution in [2.24, 2.45) is 0 Å². The molecule has 0 spiro atoms. The van der Waals surface area contributed by atoms with Crippen LogP contribution in [0.5, 0.6) is 0 Å². The summed E-state index contributed by atoms with van der Waals surface area (Å²) in [4.78, 5) is 15.3. The first kappa shape index (κ1) is 18.5. The van der Waals surface area contributed by atoms with E-state index in [1.165, 1.54) is 38.8 Å². The van der Waals surface area contributed by atoms with Crippen molar-refractivity contribution >= 4 is 17.6 Å². The monoisotopic (exact) mass is 352 g/mol. The fraction of sp³-hybridized carbons (Fsp3) is 0.409. The largest absolute Gasteiger partial charge is 0.465 e. The third kappa shape index (κ3) is 5.60. The zero-order chi connectivity index (χ0) is 18.0. The fourth-order valence-corrected chi connectivity index (χ4v) is 3.37. The summed E-state index contributed by atoms with van der Waals surface area (Å²) in [6, 6.07) is 13.4. The van der Waals surface area contributed by atoms with Crippen LogP contribution in [0, 0.1) is 0 Å². The Kier molecular flexibility index (Phi) is 7.08. The van der Waals surface area contributed by atoms with Gasteiger partial charge in [-0.3, -0.25) is 4.79 Å². The number of hydrogen-bond acceptors (Lipinski definition) is 3. The highest BCUT2D eigenvalue weighted by Crippen LogP contribution is 2.19. The Morgan fingerprint density at radius 3 is 2.50 bits per heavy atom. The number of hydrogen-bond donors (Lipinski definition) is 1. The van der Waals surface area contributed by atoms with Crippen LogP contribution >= 0.6 is 0 Å². The molecule has 1 saturated heterocycles. The molecule has 1 aromatic carbocycles. The molecule has 1 aliphatic rings. The van der Waals surface area contributed by atoms with E-state index in [0.29, 0.717) is 17.9 Å². The Hall–Kier alpha value is -2.33. The van der Waals surface area contributed by atoms with Gasteiger partial charge in [0, 0.05) is 6.54 Å². The van der Waals surface area contributed by atoms with Crippen molar-refractivity contribution in [2.45, 2.75) is 32.1 Å². The molecule has 138 valence electrons. The Labute approximate surface area is 155 Å². The lowest BCUT2D eigenvalue weighted by Crippen LogP contribution is -2.31. The van der Waals surface area contributed by atoms with Crippen LogP contribution in [0.15, 0.2) is 53.1 Å². The minimum atomic E-state index is -0.0523. The van der Waals surface area contributed by atoms with E-state index in [1.54, 1.807) is 12.3 Å². The van der Waals surface area contributed by atoms with E-state index >= 15 is 0 Å². The van der Waals surface area contributed by atoms with Gasteiger partial charge in [-0.05, 0) is 62.7 Å². The number of likely N-dealkylation sites (tertiary alicyclic amines) is 1. The van der Waals surface area contributed by atoms with Crippen LogP contribution in [0.25, 0.3) is 11.6 Å². The third-order valence-corrected chi connectivity index (χ3v) is 4.79. The van der Waals surface area contributed by atoms with Gasteiger partial charge in [-0.2, -0.15) is 0 Å². The lowest BCUT2D eigenvalue weighted by molar-refractivity contribution is -0.115. The average molecular weight is 352 g/mol. The normalized spacial score (nSPS) is 16.2. The van der Waals surface area contributed by atoms with E-state index in [4.69, 9.17) is 4.42 Å². The van der Waals surface area contributed by atoms with E-state index < -0.39 is 0 Å². The molecule has 0 bridgehead atoms. The van der Waals surface area contributed by atoms with Gasteiger partial charge in [0.05, 0.1) is 11.8 Å². The molecule has 0 atom stereocenters. The van der Waals surface area contributed by atoms with Crippen LogP contribution in [0.2, 0.25) is 0 Å². The smallest absolute Gasteiger partial charge is 0.252 e. The molecular formula is C22H28N2O2. The highest BCUT2D eigenvalue weighted by Gasteiger charge is 2.13. The summed E-state index contributed by atoms with van der Waals surface area (Å²) in [5.41, 5.74) is 1.53. The summed E-state index contributed by atoms with van der Waals surface area (Å²) in [5, 5.41) is 3.07. The first-order valence-electron chi connectivity index (χ1n) is 9.64. The summed E-state index contributed by atoms with van der Waals surface area (Å²) in [7, 11) is 0. The molecule has 3 rings (SSSR count). The summed E-state index contributed by atoms with van der Waals surface area (Å²) >= 11 is 0. The van der Waals surface area contributed by atoms with E-state index in [1.807, 2.05) is 42.5 Å². The topological polar surface area (TPSA) is 45.5 Å². The molecular weight excluding hydrogens is 324 g/mol. The molecule has 26 heavy (non-hydrogen) atoms. The van der Waals surface area contributed by atoms with Crippen molar-refractivity contribution in [2.75, 3.05) is 26.2 Å². The summed E-state index contributed by atoms with van der Waals surface area (Å²) in [5.74, 6) is 0.632. The highest BCUT2D eigenvalue weighted by molar-refractivity contribution is 6.24. The predicted molar refractivity (Wildman–Crippen MR) is 106 cm³/mol. The van der Waals surface area contributed by atoms with Crippen molar-refractivity contribution in [1.82, 2.24) is 10.2 Å². The molecule has 4 heteroatoms. The van der Waals surface area contributed by atoms with Gasteiger partial charge in [-0.15, -0.1) is 0 Å². The first-order valence-corrected chi connectivity index (χ1v) is 9.64. The fourth-order valence-electron chi connectivity index (χ4n) is 3.37. The van der Waals surface area contributed by atoms with E-state index in [2.05, 4.69) is 10.2 Å². The third-order valence-electron chi connectivity index (χ3n) is 4.79. The van der Waals surface area contributed by atoms with Crippen LogP contribution in [0.4, 0.5) is 0 Å². The summed E-state index contributed by atoms with van der Waals surface area (Å²) in [6.07, 6.45) is 9.71. The van der Waals surface area contributed by atoms with E-state index in [-0.39, 0.29) is 5.91 Å². The minimum absolute atomic E-state index is 0.0523. The molecule has 0 aliphatic carbocycles. The highest BCUT2D eigenvalue weighted by atomic mass is 16.3. The number of rotatable bonds is 7. The van der Waals surface area contributed by atoms with Gasteiger partial charge >= 0.3 is 0 Å². The molecule has 2 aromatic rings. The summed E-state index contributed by atoms with van der Waals surface area (Å²) < 4.78 is 5.39. The van der Waals surface area contributed by atoms with Gasteiger partial charge in [0.1, 0.15) is 5.76 Å². The Balaban J connectivity index is 1.56.